The zero-order valence-corrected chi connectivity index (χ0v) is 11.9. The zero-order chi connectivity index (χ0) is 12.7. The molecule has 0 saturated heterocycles. The van der Waals surface area contributed by atoms with Crippen molar-refractivity contribution in [3.05, 3.63) is 42.0 Å². The molecule has 0 bridgehead atoms. The lowest BCUT2D eigenvalue weighted by atomic mass is 10.2. The summed E-state index contributed by atoms with van der Waals surface area (Å²) in [6.45, 7) is 11.3. The van der Waals surface area contributed by atoms with Crippen LogP contribution in [0, 0.1) is 0 Å². The maximum atomic E-state index is 3.93. The van der Waals surface area contributed by atoms with Gasteiger partial charge in [-0.1, -0.05) is 31.6 Å². The van der Waals surface area contributed by atoms with E-state index in [9.17, 15) is 0 Å². The molecule has 1 N–H and O–H groups in total. The summed E-state index contributed by atoms with van der Waals surface area (Å²) in [7, 11) is 0. The van der Waals surface area contributed by atoms with Crippen LogP contribution in [0.3, 0.4) is 0 Å². The van der Waals surface area contributed by atoms with Crippen LogP contribution in [0.25, 0.3) is 0 Å². The molecule has 0 aliphatic rings. The summed E-state index contributed by atoms with van der Waals surface area (Å²) < 4.78 is 0. The third kappa shape index (κ3) is 6.54. The molecule has 0 aliphatic heterocycles. The van der Waals surface area contributed by atoms with Crippen molar-refractivity contribution in [2.24, 2.45) is 0 Å². The van der Waals surface area contributed by atoms with Crippen molar-refractivity contribution >= 4 is 11.8 Å². The Morgan fingerprint density at radius 1 is 1.41 bits per heavy atom. The van der Waals surface area contributed by atoms with Gasteiger partial charge in [0.25, 0.3) is 0 Å². The Kier molecular flexibility index (Phi) is 6.38. The van der Waals surface area contributed by atoms with Crippen molar-refractivity contribution in [1.29, 1.82) is 0 Å². The van der Waals surface area contributed by atoms with E-state index in [1.165, 1.54) is 16.0 Å². The summed E-state index contributed by atoms with van der Waals surface area (Å²) in [5.41, 5.74) is 2.62. The van der Waals surface area contributed by atoms with E-state index in [1.54, 1.807) is 0 Å². The number of thioether (sulfide) groups is 1. The Morgan fingerprint density at radius 2 is 2.18 bits per heavy atom. The van der Waals surface area contributed by atoms with Gasteiger partial charge in [0.15, 0.2) is 0 Å². The smallest absolute Gasteiger partial charge is 0.0208 e. The maximum absolute atomic E-state index is 3.93. The van der Waals surface area contributed by atoms with E-state index in [-0.39, 0.29) is 0 Å². The molecule has 17 heavy (non-hydrogen) atoms. The molecule has 0 heterocycles. The lowest BCUT2D eigenvalue weighted by Crippen LogP contribution is -2.21. The van der Waals surface area contributed by atoms with Crippen LogP contribution >= 0.6 is 11.8 Å². The minimum Gasteiger partial charge on any atom is -0.310 e. The quantitative estimate of drug-likeness (QED) is 0.573. The van der Waals surface area contributed by atoms with Gasteiger partial charge in [-0.25, -0.2) is 0 Å². The van der Waals surface area contributed by atoms with Crippen LogP contribution in [-0.2, 0) is 6.54 Å². The van der Waals surface area contributed by atoms with Crippen LogP contribution in [0.2, 0.25) is 0 Å². The van der Waals surface area contributed by atoms with Crippen molar-refractivity contribution in [1.82, 2.24) is 5.32 Å². The second kappa shape index (κ2) is 7.57. The highest BCUT2D eigenvalue weighted by Crippen LogP contribution is 2.21. The first-order valence-corrected chi connectivity index (χ1v) is 7.16. The summed E-state index contributed by atoms with van der Waals surface area (Å²) in [6.07, 6.45) is 1.10. The molecular weight excluding hydrogens is 226 g/mol. The molecule has 1 rings (SSSR count). The molecule has 1 aromatic carbocycles. The summed E-state index contributed by atoms with van der Waals surface area (Å²) in [5.74, 6) is 1.12. The van der Waals surface area contributed by atoms with Gasteiger partial charge in [-0.3, -0.25) is 0 Å². The van der Waals surface area contributed by atoms with Crippen LogP contribution in [0.5, 0.6) is 0 Å². The maximum Gasteiger partial charge on any atom is 0.0208 e. The largest absolute Gasteiger partial charge is 0.310 e. The molecule has 0 fully saturated rings. The number of hydrogen-bond acceptors (Lipinski definition) is 2. The van der Waals surface area contributed by atoms with Gasteiger partial charge in [0.2, 0.25) is 0 Å². The molecule has 94 valence electrons. The number of rotatable bonds is 7. The number of nitrogens with one attached hydrogen (secondary N) is 1. The number of benzene rings is 1. The Morgan fingerprint density at radius 3 is 2.82 bits per heavy atom. The van der Waals surface area contributed by atoms with E-state index >= 15 is 0 Å². The van der Waals surface area contributed by atoms with Crippen molar-refractivity contribution in [3.8, 4) is 0 Å². The molecular formula is C15H23NS. The molecule has 0 atom stereocenters. The van der Waals surface area contributed by atoms with Crippen molar-refractivity contribution < 1.29 is 0 Å². The first-order chi connectivity index (χ1) is 8.08. The average molecular weight is 249 g/mol. The Bertz CT molecular complexity index is 358. The molecule has 2 heteroatoms. The molecule has 0 radical (unpaired) electrons. The third-order valence-corrected chi connectivity index (χ3v) is 3.41. The fourth-order valence-corrected chi connectivity index (χ4v) is 2.51. The van der Waals surface area contributed by atoms with Gasteiger partial charge < -0.3 is 5.32 Å². The van der Waals surface area contributed by atoms with Gasteiger partial charge in [0, 0.05) is 23.2 Å². The Balaban J connectivity index is 2.45. The van der Waals surface area contributed by atoms with Crippen molar-refractivity contribution in [2.45, 2.75) is 44.7 Å². The lowest BCUT2D eigenvalue weighted by Gasteiger charge is -2.09. The molecule has 0 unspecified atom stereocenters. The standard InChI is InChI=1S/C15H23NS/c1-12(2)8-9-17-15-7-5-6-14(10-15)11-16-13(3)4/h5-7,10,13,16H,1,8-9,11H2,2-4H3. The van der Waals surface area contributed by atoms with E-state index in [0.29, 0.717) is 6.04 Å². The first kappa shape index (κ1) is 14.3. The van der Waals surface area contributed by atoms with Gasteiger partial charge in [0.1, 0.15) is 0 Å². The van der Waals surface area contributed by atoms with Crippen molar-refractivity contribution in [2.75, 3.05) is 5.75 Å². The predicted octanol–water partition coefficient (Wildman–Crippen LogP) is 4.24. The summed E-state index contributed by atoms with van der Waals surface area (Å²) in [6, 6.07) is 9.31. The lowest BCUT2D eigenvalue weighted by molar-refractivity contribution is 0.588. The summed E-state index contributed by atoms with van der Waals surface area (Å²) in [5, 5.41) is 3.44. The Labute approximate surface area is 110 Å². The molecule has 1 aromatic rings. The van der Waals surface area contributed by atoms with Gasteiger partial charge in [0.05, 0.1) is 0 Å². The average Bonchev–Trinajstić information content (AvgIpc) is 2.26. The van der Waals surface area contributed by atoms with E-state index < -0.39 is 0 Å². The SMILES string of the molecule is C=C(C)CCSc1cccc(CNC(C)C)c1. The second-order valence-electron chi connectivity index (χ2n) is 4.74. The molecule has 0 aromatic heterocycles. The minimum atomic E-state index is 0.537. The highest BCUT2D eigenvalue weighted by molar-refractivity contribution is 7.99. The van der Waals surface area contributed by atoms with Crippen LogP contribution < -0.4 is 5.32 Å². The van der Waals surface area contributed by atoms with E-state index in [2.05, 4.69) is 56.9 Å². The fraction of sp³-hybridized carbons (Fsp3) is 0.467. The van der Waals surface area contributed by atoms with Gasteiger partial charge >= 0.3 is 0 Å². The van der Waals surface area contributed by atoms with E-state index in [4.69, 9.17) is 0 Å². The molecule has 0 amide bonds. The van der Waals surface area contributed by atoms with Crippen LogP contribution in [0.4, 0.5) is 0 Å². The summed E-state index contributed by atoms with van der Waals surface area (Å²) in [4.78, 5) is 1.36. The second-order valence-corrected chi connectivity index (χ2v) is 5.91. The highest BCUT2D eigenvalue weighted by atomic mass is 32.2. The highest BCUT2D eigenvalue weighted by Gasteiger charge is 1.98. The molecule has 1 nitrogen and oxygen atoms in total. The van der Waals surface area contributed by atoms with E-state index in [1.807, 2.05) is 11.8 Å². The molecule has 0 aliphatic carbocycles. The Hall–Kier alpha value is -0.730. The normalized spacial score (nSPS) is 10.8. The summed E-state index contributed by atoms with van der Waals surface area (Å²) >= 11 is 1.91. The zero-order valence-electron chi connectivity index (χ0n) is 11.1. The van der Waals surface area contributed by atoms with Crippen molar-refractivity contribution in [3.63, 3.8) is 0 Å². The number of hydrogen-bond donors (Lipinski definition) is 1. The van der Waals surface area contributed by atoms with E-state index in [0.717, 1.165) is 18.7 Å². The van der Waals surface area contributed by atoms with Gasteiger partial charge in [-0.05, 0) is 31.0 Å². The predicted molar refractivity (Wildman–Crippen MR) is 78.6 cm³/mol. The van der Waals surface area contributed by atoms with Crippen LogP contribution in [-0.4, -0.2) is 11.8 Å². The third-order valence-electron chi connectivity index (χ3n) is 2.41. The molecule has 0 spiro atoms. The molecule has 0 saturated carbocycles. The van der Waals surface area contributed by atoms with Crippen LogP contribution in [0.1, 0.15) is 32.8 Å². The number of allylic oxidation sites excluding steroid dienone is 1. The van der Waals surface area contributed by atoms with Crippen LogP contribution in [0.15, 0.2) is 41.3 Å². The fourth-order valence-electron chi connectivity index (χ4n) is 1.41. The minimum absolute atomic E-state index is 0.537. The topological polar surface area (TPSA) is 12.0 Å². The monoisotopic (exact) mass is 249 g/mol. The first-order valence-electron chi connectivity index (χ1n) is 6.17. The van der Waals surface area contributed by atoms with Gasteiger partial charge in [-0.2, -0.15) is 0 Å². The van der Waals surface area contributed by atoms with Gasteiger partial charge in [-0.15, -0.1) is 18.3 Å².